The first-order chi connectivity index (χ1) is 16.9. The van der Waals surface area contributed by atoms with Gasteiger partial charge in [0.05, 0.1) is 5.52 Å². The number of carbonyl (C=O) groups is 1. The molecule has 1 fully saturated rings. The van der Waals surface area contributed by atoms with Crippen LogP contribution in [0.15, 0.2) is 60.1 Å². The minimum absolute atomic E-state index is 0.0118. The Kier molecular flexibility index (Phi) is 6.52. The lowest BCUT2D eigenvalue weighted by Crippen LogP contribution is -2.44. The lowest BCUT2D eigenvalue weighted by atomic mass is 9.68. The molecule has 2 unspecified atom stereocenters. The molecule has 2 aromatic heterocycles. The van der Waals surface area contributed by atoms with E-state index in [4.69, 9.17) is 0 Å². The van der Waals surface area contributed by atoms with Gasteiger partial charge in [-0.25, -0.2) is 4.39 Å². The molecular weight excluding hydrogens is 443 g/mol. The second-order valence-corrected chi connectivity index (χ2v) is 10.1. The van der Waals surface area contributed by atoms with Crippen LogP contribution in [0, 0.1) is 12.3 Å². The number of benzene rings is 1. The molecule has 3 N–H and O–H groups in total. The number of carbonyl (C=O) groups excluding carboxylic acids is 1. The molecule has 6 nitrogen and oxygen atoms in total. The average molecular weight is 475 g/mol. The molecule has 1 aromatic carbocycles. The fourth-order valence-corrected chi connectivity index (χ4v) is 5.55. The topological polar surface area (TPSA) is 90.9 Å². The minimum Gasteiger partial charge on any atom is -0.396 e. The van der Waals surface area contributed by atoms with E-state index in [0.717, 1.165) is 53.5 Å². The molecule has 2 heterocycles. The van der Waals surface area contributed by atoms with Gasteiger partial charge < -0.3 is 10.4 Å². The van der Waals surface area contributed by atoms with Gasteiger partial charge in [0.15, 0.2) is 0 Å². The summed E-state index contributed by atoms with van der Waals surface area (Å²) in [5.41, 5.74) is 5.01. The summed E-state index contributed by atoms with van der Waals surface area (Å²) >= 11 is 0. The Balaban J connectivity index is 1.32. The quantitative estimate of drug-likeness (QED) is 0.437. The molecule has 3 aromatic rings. The van der Waals surface area contributed by atoms with E-state index in [1.54, 1.807) is 12.3 Å². The van der Waals surface area contributed by atoms with Gasteiger partial charge in [-0.3, -0.25) is 14.9 Å². The predicted molar refractivity (Wildman–Crippen MR) is 134 cm³/mol. The van der Waals surface area contributed by atoms with Crippen LogP contribution in [-0.2, 0) is 0 Å². The van der Waals surface area contributed by atoms with E-state index >= 15 is 0 Å². The largest absolute Gasteiger partial charge is 0.396 e. The maximum atomic E-state index is 13.4. The number of aliphatic hydroxyl groups is 1. The summed E-state index contributed by atoms with van der Waals surface area (Å²) in [5.74, 6) is -0.206. The number of amides is 1. The van der Waals surface area contributed by atoms with E-state index in [0.29, 0.717) is 24.8 Å². The zero-order valence-corrected chi connectivity index (χ0v) is 20.0. The number of aromatic nitrogens is 3. The maximum absolute atomic E-state index is 13.4. The SMILES string of the molecule is Cc1cc(-c2n[nH]c3ccc(C(=O)NC4CCCC(CO)(CC5=CC=C(F)CC5)C4)cc23)ccn1. The van der Waals surface area contributed by atoms with Gasteiger partial charge in [0, 0.05) is 47.5 Å². The number of fused-ring (bicyclic) bond motifs is 1. The van der Waals surface area contributed by atoms with Gasteiger partial charge in [-0.2, -0.15) is 5.10 Å². The zero-order chi connectivity index (χ0) is 24.4. The van der Waals surface area contributed by atoms with Gasteiger partial charge in [0.1, 0.15) is 11.5 Å². The Morgan fingerprint density at radius 2 is 2.14 bits per heavy atom. The predicted octanol–water partition coefficient (Wildman–Crippen LogP) is 5.55. The number of nitrogens with zero attached hydrogens (tertiary/aromatic N) is 2. The Hall–Kier alpha value is -3.32. The van der Waals surface area contributed by atoms with Crippen LogP contribution < -0.4 is 5.32 Å². The van der Waals surface area contributed by atoms with Crippen LogP contribution in [0.25, 0.3) is 22.2 Å². The summed E-state index contributed by atoms with van der Waals surface area (Å²) in [4.78, 5) is 17.5. The van der Waals surface area contributed by atoms with Crippen molar-refractivity contribution in [2.24, 2.45) is 5.41 Å². The molecule has 0 spiro atoms. The number of hydrogen-bond acceptors (Lipinski definition) is 4. The van der Waals surface area contributed by atoms with Gasteiger partial charge in [-0.1, -0.05) is 18.1 Å². The summed E-state index contributed by atoms with van der Waals surface area (Å²) < 4.78 is 13.4. The number of nitrogens with one attached hydrogen (secondary N) is 2. The van der Waals surface area contributed by atoms with Crippen molar-refractivity contribution >= 4 is 16.8 Å². The van der Waals surface area contributed by atoms with Gasteiger partial charge in [0.2, 0.25) is 0 Å². The number of aryl methyl sites for hydroxylation is 1. The molecule has 0 bridgehead atoms. The molecule has 5 rings (SSSR count). The van der Waals surface area contributed by atoms with Crippen molar-refractivity contribution in [1.82, 2.24) is 20.5 Å². The number of hydrogen-bond donors (Lipinski definition) is 3. The molecule has 35 heavy (non-hydrogen) atoms. The highest BCUT2D eigenvalue weighted by atomic mass is 19.1. The lowest BCUT2D eigenvalue weighted by Gasteiger charge is -2.41. The van der Waals surface area contributed by atoms with Crippen molar-refractivity contribution < 1.29 is 14.3 Å². The van der Waals surface area contributed by atoms with Crippen LogP contribution in [0.1, 0.15) is 61.0 Å². The second-order valence-electron chi connectivity index (χ2n) is 10.1. The molecule has 2 aliphatic rings. The fraction of sp³-hybridized carbons (Fsp3) is 0.393. The molecular formula is C28H31FN4O2. The summed E-state index contributed by atoms with van der Waals surface area (Å²) in [6, 6.07) is 9.46. The third kappa shape index (κ3) is 5.05. The highest BCUT2D eigenvalue weighted by Crippen LogP contribution is 2.43. The maximum Gasteiger partial charge on any atom is 0.251 e. The Morgan fingerprint density at radius 1 is 1.26 bits per heavy atom. The molecule has 7 heteroatoms. The van der Waals surface area contributed by atoms with Crippen LogP contribution in [0.4, 0.5) is 4.39 Å². The van der Waals surface area contributed by atoms with Crippen LogP contribution in [0.3, 0.4) is 0 Å². The van der Waals surface area contributed by atoms with E-state index in [1.807, 2.05) is 43.3 Å². The summed E-state index contributed by atoms with van der Waals surface area (Å²) in [6.07, 6.45) is 10.5. The standard InChI is InChI=1S/C28H31FN4O2/c1-18-13-20(10-12-30-18)26-24-14-21(6-9-25(24)32-33-26)27(35)31-23-3-2-11-28(16-23,17-34)15-19-4-7-22(29)8-5-19/h4,6-7,9-10,12-14,23,34H,2-3,5,8,11,15-17H2,1H3,(H,31,35)(H,32,33). The van der Waals surface area contributed by atoms with Gasteiger partial charge >= 0.3 is 0 Å². The molecule has 0 saturated heterocycles. The van der Waals surface area contributed by atoms with Crippen molar-refractivity contribution in [1.29, 1.82) is 0 Å². The van der Waals surface area contributed by atoms with E-state index < -0.39 is 0 Å². The molecule has 1 saturated carbocycles. The van der Waals surface area contributed by atoms with Gasteiger partial charge in [-0.05, 0) is 80.9 Å². The van der Waals surface area contributed by atoms with Crippen molar-refractivity contribution in [3.8, 4) is 11.3 Å². The third-order valence-corrected chi connectivity index (χ3v) is 7.39. The van der Waals surface area contributed by atoms with Gasteiger partial charge in [-0.15, -0.1) is 0 Å². The first kappa shape index (κ1) is 23.4. The number of pyridine rings is 1. The summed E-state index contributed by atoms with van der Waals surface area (Å²) in [5, 5.41) is 21.9. The fourth-order valence-electron chi connectivity index (χ4n) is 5.55. The summed E-state index contributed by atoms with van der Waals surface area (Å²) in [7, 11) is 0. The number of H-pyrrole nitrogens is 1. The highest BCUT2D eigenvalue weighted by molar-refractivity contribution is 6.01. The first-order valence-electron chi connectivity index (χ1n) is 12.3. The monoisotopic (exact) mass is 474 g/mol. The van der Waals surface area contributed by atoms with Crippen LogP contribution in [0.5, 0.6) is 0 Å². The summed E-state index contributed by atoms with van der Waals surface area (Å²) in [6.45, 7) is 2.01. The van der Waals surface area contributed by atoms with Gasteiger partial charge in [0.25, 0.3) is 5.91 Å². The number of allylic oxidation sites excluding steroid dienone is 4. The van der Waals surface area contributed by atoms with Crippen molar-refractivity contribution in [3.05, 3.63) is 71.3 Å². The Bertz CT molecular complexity index is 1310. The lowest BCUT2D eigenvalue weighted by molar-refractivity contribution is 0.0611. The van der Waals surface area contributed by atoms with Crippen molar-refractivity contribution in [2.75, 3.05) is 6.61 Å². The number of rotatable bonds is 6. The minimum atomic E-state index is -0.273. The average Bonchev–Trinajstić information content (AvgIpc) is 3.29. The smallest absolute Gasteiger partial charge is 0.251 e. The van der Waals surface area contributed by atoms with E-state index in [-0.39, 0.29) is 29.8 Å². The normalized spacial score (nSPS) is 22.5. The van der Waals surface area contributed by atoms with E-state index in [1.165, 1.54) is 5.57 Å². The molecule has 0 aliphatic heterocycles. The van der Waals surface area contributed by atoms with Crippen LogP contribution in [-0.4, -0.2) is 38.8 Å². The molecule has 182 valence electrons. The third-order valence-electron chi connectivity index (χ3n) is 7.39. The van der Waals surface area contributed by atoms with E-state index in [2.05, 4.69) is 20.5 Å². The number of aliphatic hydroxyl groups excluding tert-OH is 1. The van der Waals surface area contributed by atoms with Crippen LogP contribution >= 0.6 is 0 Å². The molecule has 2 atom stereocenters. The highest BCUT2D eigenvalue weighted by Gasteiger charge is 2.37. The number of aromatic amines is 1. The molecule has 0 radical (unpaired) electrons. The zero-order valence-electron chi connectivity index (χ0n) is 20.0. The van der Waals surface area contributed by atoms with Crippen LogP contribution in [0.2, 0.25) is 0 Å². The van der Waals surface area contributed by atoms with E-state index in [9.17, 15) is 14.3 Å². The number of halogens is 1. The molecule has 2 aliphatic carbocycles. The Morgan fingerprint density at radius 3 is 2.91 bits per heavy atom. The molecule has 1 amide bonds. The Labute approximate surface area is 204 Å². The van der Waals surface area contributed by atoms with Crippen molar-refractivity contribution in [3.63, 3.8) is 0 Å². The first-order valence-corrected chi connectivity index (χ1v) is 12.3. The second kappa shape index (κ2) is 9.74. The van der Waals surface area contributed by atoms with Crippen molar-refractivity contribution in [2.45, 2.75) is 57.9 Å².